The Bertz CT molecular complexity index is 428. The van der Waals surface area contributed by atoms with Crippen LogP contribution >= 0.6 is 0 Å². The van der Waals surface area contributed by atoms with Crippen molar-refractivity contribution in [2.24, 2.45) is 0 Å². The van der Waals surface area contributed by atoms with E-state index in [2.05, 4.69) is 4.74 Å². The van der Waals surface area contributed by atoms with Gasteiger partial charge in [0.1, 0.15) is 6.61 Å². The molecule has 6 heteroatoms. The molecule has 1 aromatic rings. The lowest BCUT2D eigenvalue weighted by molar-refractivity contribution is -0.148. The van der Waals surface area contributed by atoms with Gasteiger partial charge in [-0.05, 0) is 19.1 Å². The van der Waals surface area contributed by atoms with Gasteiger partial charge in [0.25, 0.3) is 5.56 Å². The lowest BCUT2D eigenvalue weighted by Gasteiger charge is -2.07. The van der Waals surface area contributed by atoms with Crippen LogP contribution < -0.4 is 11.3 Å². The first-order valence-electron chi connectivity index (χ1n) is 5.33. The maximum Gasteiger partial charge on any atom is 0.332 e. The second kappa shape index (κ2) is 6.70. The van der Waals surface area contributed by atoms with Crippen molar-refractivity contribution in [3.63, 3.8) is 0 Å². The summed E-state index contributed by atoms with van der Waals surface area (Å²) in [4.78, 5) is 22.4. The van der Waals surface area contributed by atoms with Crippen molar-refractivity contribution in [3.05, 3.63) is 28.7 Å². The van der Waals surface area contributed by atoms with Crippen LogP contribution in [0.15, 0.2) is 23.1 Å². The molecule has 17 heavy (non-hydrogen) atoms. The molecule has 6 nitrogen and oxygen atoms in total. The fourth-order valence-electron chi connectivity index (χ4n) is 1.25. The van der Waals surface area contributed by atoms with E-state index in [9.17, 15) is 9.59 Å². The smallest absolute Gasteiger partial charge is 0.332 e. The Morgan fingerprint density at radius 1 is 1.53 bits per heavy atom. The van der Waals surface area contributed by atoms with Crippen molar-refractivity contribution in [2.45, 2.75) is 13.5 Å². The molecule has 0 unspecified atom stereocenters. The van der Waals surface area contributed by atoms with Gasteiger partial charge < -0.3 is 19.8 Å². The van der Waals surface area contributed by atoms with E-state index in [1.54, 1.807) is 19.2 Å². The first-order chi connectivity index (χ1) is 8.15. The fraction of sp³-hybridized carbons (Fsp3) is 0.455. The highest BCUT2D eigenvalue weighted by Gasteiger charge is 2.02. The van der Waals surface area contributed by atoms with Crippen molar-refractivity contribution in [3.8, 4) is 0 Å². The van der Waals surface area contributed by atoms with E-state index in [1.807, 2.05) is 0 Å². The van der Waals surface area contributed by atoms with Crippen LogP contribution in [0.4, 0.5) is 5.69 Å². The zero-order valence-electron chi connectivity index (χ0n) is 9.72. The molecule has 1 aromatic heterocycles. The van der Waals surface area contributed by atoms with Gasteiger partial charge in [0.05, 0.1) is 18.9 Å². The normalized spacial score (nSPS) is 10.2. The van der Waals surface area contributed by atoms with E-state index in [4.69, 9.17) is 10.5 Å². The average molecular weight is 240 g/mol. The lowest BCUT2D eigenvalue weighted by atomic mass is 10.4. The summed E-state index contributed by atoms with van der Waals surface area (Å²) in [6.07, 6.45) is 1.62. The molecule has 0 atom stereocenters. The predicted octanol–water partition coefficient (Wildman–Crippen LogP) is 0.0102. The number of anilines is 1. The monoisotopic (exact) mass is 240 g/mol. The molecule has 0 fully saturated rings. The van der Waals surface area contributed by atoms with Gasteiger partial charge in [0.2, 0.25) is 0 Å². The molecule has 1 rings (SSSR count). The third-order valence-electron chi connectivity index (χ3n) is 2.05. The largest absolute Gasteiger partial charge is 0.464 e. The van der Waals surface area contributed by atoms with Gasteiger partial charge in [-0.15, -0.1) is 0 Å². The molecule has 0 spiro atoms. The summed E-state index contributed by atoms with van der Waals surface area (Å²) in [5, 5.41) is 0. The molecular weight excluding hydrogens is 224 g/mol. The van der Waals surface area contributed by atoms with E-state index in [0.29, 0.717) is 13.2 Å². The highest BCUT2D eigenvalue weighted by atomic mass is 16.6. The number of hydrogen-bond donors (Lipinski definition) is 1. The minimum absolute atomic E-state index is 0.106. The third-order valence-corrected chi connectivity index (χ3v) is 2.05. The second-order valence-electron chi connectivity index (χ2n) is 3.32. The first-order valence-corrected chi connectivity index (χ1v) is 5.33. The number of nitrogens with two attached hydrogens (primary N) is 1. The SMILES string of the molecule is CCOC(=O)COCCn1cccc(N)c1=O. The predicted molar refractivity (Wildman–Crippen MR) is 62.6 cm³/mol. The van der Waals surface area contributed by atoms with Crippen molar-refractivity contribution in [2.75, 3.05) is 25.6 Å². The van der Waals surface area contributed by atoms with Gasteiger partial charge in [-0.25, -0.2) is 4.79 Å². The van der Waals surface area contributed by atoms with Gasteiger partial charge in [0.15, 0.2) is 0 Å². The molecule has 0 saturated heterocycles. The lowest BCUT2D eigenvalue weighted by Crippen LogP contribution is -2.24. The maximum atomic E-state index is 11.5. The van der Waals surface area contributed by atoms with Crippen LogP contribution in [-0.4, -0.2) is 30.4 Å². The van der Waals surface area contributed by atoms with Crippen LogP contribution in [0.3, 0.4) is 0 Å². The Morgan fingerprint density at radius 3 is 3.00 bits per heavy atom. The third kappa shape index (κ3) is 4.28. The highest BCUT2D eigenvalue weighted by Crippen LogP contribution is 1.92. The summed E-state index contributed by atoms with van der Waals surface area (Å²) in [7, 11) is 0. The molecular formula is C11H16N2O4. The summed E-state index contributed by atoms with van der Waals surface area (Å²) in [6, 6.07) is 3.22. The number of hydrogen-bond acceptors (Lipinski definition) is 5. The van der Waals surface area contributed by atoms with E-state index >= 15 is 0 Å². The fourth-order valence-corrected chi connectivity index (χ4v) is 1.25. The number of carbonyl (C=O) groups is 1. The molecule has 0 saturated carbocycles. The molecule has 0 aliphatic carbocycles. The Kier molecular flexibility index (Phi) is 5.22. The standard InChI is InChI=1S/C11H16N2O4/c1-2-17-10(14)8-16-7-6-13-5-3-4-9(12)11(13)15/h3-5H,2,6-8,12H2,1H3. The van der Waals surface area contributed by atoms with Crippen LogP contribution in [0.1, 0.15) is 6.92 Å². The van der Waals surface area contributed by atoms with Crippen molar-refractivity contribution < 1.29 is 14.3 Å². The van der Waals surface area contributed by atoms with Gasteiger partial charge in [-0.1, -0.05) is 0 Å². The molecule has 0 amide bonds. The number of rotatable bonds is 6. The Balaban J connectivity index is 2.34. The van der Waals surface area contributed by atoms with Gasteiger partial charge in [0, 0.05) is 12.7 Å². The zero-order chi connectivity index (χ0) is 12.7. The molecule has 94 valence electrons. The van der Waals surface area contributed by atoms with Crippen molar-refractivity contribution in [1.29, 1.82) is 0 Å². The first kappa shape index (κ1) is 13.2. The topological polar surface area (TPSA) is 83.6 Å². The molecule has 0 aliphatic rings. The number of aromatic nitrogens is 1. The number of nitrogen functional groups attached to an aromatic ring is 1. The zero-order valence-corrected chi connectivity index (χ0v) is 9.72. The number of nitrogens with zero attached hydrogens (tertiary/aromatic N) is 1. The molecule has 2 N–H and O–H groups in total. The highest BCUT2D eigenvalue weighted by molar-refractivity contribution is 5.70. The van der Waals surface area contributed by atoms with Gasteiger partial charge >= 0.3 is 5.97 Å². The van der Waals surface area contributed by atoms with Crippen LogP contribution in [0.2, 0.25) is 0 Å². The number of esters is 1. The van der Waals surface area contributed by atoms with E-state index in [0.717, 1.165) is 0 Å². The number of carbonyl (C=O) groups excluding carboxylic acids is 1. The molecule has 0 aliphatic heterocycles. The molecule has 0 bridgehead atoms. The van der Waals surface area contributed by atoms with Crippen LogP contribution in [0, 0.1) is 0 Å². The number of ether oxygens (including phenoxy) is 2. The van der Waals surface area contributed by atoms with Gasteiger partial charge in [-0.2, -0.15) is 0 Å². The minimum atomic E-state index is -0.410. The van der Waals surface area contributed by atoms with Crippen molar-refractivity contribution in [1.82, 2.24) is 4.57 Å². The average Bonchev–Trinajstić information content (AvgIpc) is 2.30. The maximum absolute atomic E-state index is 11.5. The van der Waals surface area contributed by atoms with Crippen molar-refractivity contribution >= 4 is 11.7 Å². The van der Waals surface area contributed by atoms with E-state index in [1.165, 1.54) is 10.6 Å². The Labute approximate surface area is 98.9 Å². The second-order valence-corrected chi connectivity index (χ2v) is 3.32. The molecule has 0 radical (unpaired) electrons. The van der Waals surface area contributed by atoms with Crippen LogP contribution in [0.25, 0.3) is 0 Å². The summed E-state index contributed by atoms with van der Waals surface area (Å²) >= 11 is 0. The van der Waals surface area contributed by atoms with E-state index < -0.39 is 5.97 Å². The molecule has 1 heterocycles. The molecule has 0 aromatic carbocycles. The van der Waals surface area contributed by atoms with Crippen LogP contribution in [-0.2, 0) is 20.8 Å². The summed E-state index contributed by atoms with van der Waals surface area (Å²) < 4.78 is 11.2. The minimum Gasteiger partial charge on any atom is -0.464 e. The van der Waals surface area contributed by atoms with Gasteiger partial charge in [-0.3, -0.25) is 4.79 Å². The summed E-state index contributed by atoms with van der Waals surface area (Å²) in [6.45, 7) is 2.55. The number of pyridine rings is 1. The Hall–Kier alpha value is -1.82. The van der Waals surface area contributed by atoms with E-state index in [-0.39, 0.29) is 24.5 Å². The van der Waals surface area contributed by atoms with Crippen LogP contribution in [0.5, 0.6) is 0 Å². The Morgan fingerprint density at radius 2 is 2.29 bits per heavy atom. The summed E-state index contributed by atoms with van der Waals surface area (Å²) in [5.74, 6) is -0.410. The quantitative estimate of drug-likeness (QED) is 0.559. The summed E-state index contributed by atoms with van der Waals surface area (Å²) in [5.41, 5.74) is 5.40.